The van der Waals surface area contributed by atoms with Crippen LogP contribution in [0.25, 0.3) is 0 Å². The number of hydrogen-bond acceptors (Lipinski definition) is 2. The second kappa shape index (κ2) is 4.37. The zero-order valence-electron chi connectivity index (χ0n) is 9.44. The maximum Gasteiger partial charge on any atom is 0.227 e. The van der Waals surface area contributed by atoms with Crippen molar-refractivity contribution in [3.05, 3.63) is 28.8 Å². The van der Waals surface area contributed by atoms with E-state index in [1.165, 1.54) is 0 Å². The van der Waals surface area contributed by atoms with E-state index in [0.717, 1.165) is 5.56 Å². The molecule has 1 aromatic rings. The van der Waals surface area contributed by atoms with Crippen molar-refractivity contribution in [2.45, 2.75) is 13.3 Å². The monoisotopic (exact) mass is 252 g/mol. The van der Waals surface area contributed by atoms with Gasteiger partial charge in [0, 0.05) is 23.7 Å². The molecule has 1 aromatic carbocycles. The van der Waals surface area contributed by atoms with Gasteiger partial charge in [-0.05, 0) is 24.6 Å². The minimum absolute atomic E-state index is 0.0891. The van der Waals surface area contributed by atoms with Crippen LogP contribution in [0.4, 0.5) is 5.69 Å². The molecule has 17 heavy (non-hydrogen) atoms. The molecule has 0 spiro atoms. The van der Waals surface area contributed by atoms with E-state index < -0.39 is 11.8 Å². The van der Waals surface area contributed by atoms with E-state index in [2.05, 4.69) is 0 Å². The minimum atomic E-state index is -0.431. The van der Waals surface area contributed by atoms with E-state index in [1.807, 2.05) is 19.1 Å². The van der Waals surface area contributed by atoms with Crippen LogP contribution in [0.2, 0.25) is 5.02 Å². The Morgan fingerprint density at radius 3 is 2.76 bits per heavy atom. The molecule has 2 N–H and O–H groups in total. The molecular weight excluding hydrogens is 240 g/mol. The first-order valence-corrected chi connectivity index (χ1v) is 5.72. The van der Waals surface area contributed by atoms with Crippen LogP contribution in [-0.2, 0) is 9.59 Å². The smallest absolute Gasteiger partial charge is 0.227 e. The number of carbonyl (C=O) groups excluding carboxylic acids is 2. The number of halogens is 1. The molecule has 2 amide bonds. The van der Waals surface area contributed by atoms with Gasteiger partial charge in [-0.3, -0.25) is 9.59 Å². The Balaban J connectivity index is 2.26. The summed E-state index contributed by atoms with van der Waals surface area (Å²) >= 11 is 6.01. The maximum atomic E-state index is 11.8. The van der Waals surface area contributed by atoms with E-state index in [4.69, 9.17) is 17.3 Å². The van der Waals surface area contributed by atoms with Crippen molar-refractivity contribution in [3.8, 4) is 0 Å². The van der Waals surface area contributed by atoms with Crippen LogP contribution in [0.5, 0.6) is 0 Å². The Morgan fingerprint density at radius 1 is 1.53 bits per heavy atom. The lowest BCUT2D eigenvalue weighted by Gasteiger charge is -2.17. The molecule has 1 aliphatic rings. The van der Waals surface area contributed by atoms with Crippen molar-refractivity contribution in [2.24, 2.45) is 11.7 Å². The summed E-state index contributed by atoms with van der Waals surface area (Å²) < 4.78 is 0. The summed E-state index contributed by atoms with van der Waals surface area (Å²) in [7, 11) is 0. The molecular formula is C12H13ClN2O2. The van der Waals surface area contributed by atoms with Crippen molar-refractivity contribution in [1.29, 1.82) is 0 Å². The number of anilines is 1. The zero-order valence-corrected chi connectivity index (χ0v) is 10.2. The van der Waals surface area contributed by atoms with E-state index >= 15 is 0 Å². The molecule has 0 saturated carbocycles. The Morgan fingerprint density at radius 2 is 2.24 bits per heavy atom. The van der Waals surface area contributed by atoms with E-state index in [-0.39, 0.29) is 12.3 Å². The van der Waals surface area contributed by atoms with Crippen molar-refractivity contribution in [1.82, 2.24) is 0 Å². The van der Waals surface area contributed by atoms with Crippen LogP contribution < -0.4 is 10.6 Å². The molecule has 1 heterocycles. The third-order valence-corrected chi connectivity index (χ3v) is 3.40. The van der Waals surface area contributed by atoms with Gasteiger partial charge in [0.2, 0.25) is 11.8 Å². The van der Waals surface area contributed by atoms with Crippen molar-refractivity contribution < 1.29 is 9.59 Å². The average Bonchev–Trinajstić information content (AvgIpc) is 2.65. The Kier molecular flexibility index (Phi) is 3.07. The molecule has 90 valence electrons. The summed E-state index contributed by atoms with van der Waals surface area (Å²) in [6, 6.07) is 5.41. The molecule has 1 fully saturated rings. The van der Waals surface area contributed by atoms with Gasteiger partial charge in [0.05, 0.1) is 5.92 Å². The molecule has 1 unspecified atom stereocenters. The van der Waals surface area contributed by atoms with Crippen LogP contribution in [0, 0.1) is 12.8 Å². The van der Waals surface area contributed by atoms with Gasteiger partial charge in [-0.25, -0.2) is 0 Å². The highest BCUT2D eigenvalue weighted by Crippen LogP contribution is 2.28. The number of nitrogens with two attached hydrogens (primary N) is 1. The highest BCUT2D eigenvalue weighted by Gasteiger charge is 2.33. The van der Waals surface area contributed by atoms with Crippen LogP contribution >= 0.6 is 11.6 Å². The van der Waals surface area contributed by atoms with Crippen molar-refractivity contribution >= 4 is 29.1 Å². The van der Waals surface area contributed by atoms with Gasteiger partial charge >= 0.3 is 0 Å². The number of primary amides is 1. The number of hydrogen-bond donors (Lipinski definition) is 1. The Hall–Kier alpha value is -1.55. The highest BCUT2D eigenvalue weighted by molar-refractivity contribution is 6.31. The molecule has 1 saturated heterocycles. The van der Waals surface area contributed by atoms with Crippen LogP contribution in [-0.4, -0.2) is 18.4 Å². The third-order valence-electron chi connectivity index (χ3n) is 2.99. The first kappa shape index (κ1) is 11.9. The Bertz CT molecular complexity index is 487. The average molecular weight is 253 g/mol. The molecule has 5 heteroatoms. The number of aryl methyl sites for hydroxylation is 1. The molecule has 0 aromatic heterocycles. The minimum Gasteiger partial charge on any atom is -0.369 e. The standard InChI is InChI=1S/C12H13ClN2O2/c1-7-2-3-9(5-10(7)13)15-6-8(12(14)17)4-11(15)16/h2-3,5,8H,4,6H2,1H3,(H2,14,17). The van der Waals surface area contributed by atoms with Gasteiger partial charge in [0.25, 0.3) is 0 Å². The lowest BCUT2D eigenvalue weighted by molar-refractivity contribution is -0.123. The van der Waals surface area contributed by atoms with Gasteiger partial charge in [-0.1, -0.05) is 17.7 Å². The SMILES string of the molecule is Cc1ccc(N2CC(C(N)=O)CC2=O)cc1Cl. The number of amides is 2. The van der Waals surface area contributed by atoms with Crippen molar-refractivity contribution in [3.63, 3.8) is 0 Å². The first-order chi connectivity index (χ1) is 7.99. The topological polar surface area (TPSA) is 63.4 Å². The highest BCUT2D eigenvalue weighted by atomic mass is 35.5. The molecule has 1 aliphatic heterocycles. The lowest BCUT2D eigenvalue weighted by Crippen LogP contribution is -2.28. The van der Waals surface area contributed by atoms with Gasteiger partial charge < -0.3 is 10.6 Å². The molecule has 0 bridgehead atoms. The number of nitrogens with zero attached hydrogens (tertiary/aromatic N) is 1. The Labute approximate surface area is 104 Å². The fourth-order valence-electron chi connectivity index (χ4n) is 1.90. The largest absolute Gasteiger partial charge is 0.369 e. The summed E-state index contributed by atoms with van der Waals surface area (Å²) in [5.41, 5.74) is 6.88. The number of benzene rings is 1. The summed E-state index contributed by atoms with van der Waals surface area (Å²) in [6.07, 6.45) is 0.181. The zero-order chi connectivity index (χ0) is 12.6. The lowest BCUT2D eigenvalue weighted by atomic mass is 10.1. The van der Waals surface area contributed by atoms with E-state index in [9.17, 15) is 9.59 Å². The van der Waals surface area contributed by atoms with Gasteiger partial charge in [-0.2, -0.15) is 0 Å². The number of carbonyl (C=O) groups is 2. The maximum absolute atomic E-state index is 11.8. The molecule has 1 atom stereocenters. The quantitative estimate of drug-likeness (QED) is 0.867. The normalized spacial score (nSPS) is 19.8. The fraction of sp³-hybridized carbons (Fsp3) is 0.333. The van der Waals surface area contributed by atoms with Crippen LogP contribution in [0.1, 0.15) is 12.0 Å². The van der Waals surface area contributed by atoms with E-state index in [0.29, 0.717) is 17.3 Å². The molecule has 0 aliphatic carbocycles. The van der Waals surface area contributed by atoms with Gasteiger partial charge in [0.15, 0.2) is 0 Å². The summed E-state index contributed by atoms with van der Waals surface area (Å²) in [5.74, 6) is -0.921. The predicted molar refractivity (Wildman–Crippen MR) is 65.8 cm³/mol. The summed E-state index contributed by atoms with van der Waals surface area (Å²) in [5, 5.41) is 0.609. The van der Waals surface area contributed by atoms with Gasteiger partial charge in [-0.15, -0.1) is 0 Å². The second-order valence-electron chi connectivity index (χ2n) is 4.24. The summed E-state index contributed by atoms with van der Waals surface area (Å²) in [4.78, 5) is 24.4. The molecule has 4 nitrogen and oxygen atoms in total. The van der Waals surface area contributed by atoms with Crippen molar-refractivity contribution in [2.75, 3.05) is 11.4 Å². The van der Waals surface area contributed by atoms with Crippen LogP contribution in [0.15, 0.2) is 18.2 Å². The first-order valence-electron chi connectivity index (χ1n) is 5.35. The van der Waals surface area contributed by atoms with Gasteiger partial charge in [0.1, 0.15) is 0 Å². The predicted octanol–water partition coefficient (Wildman–Crippen LogP) is 1.49. The van der Waals surface area contributed by atoms with E-state index in [1.54, 1.807) is 11.0 Å². The third kappa shape index (κ3) is 2.26. The number of rotatable bonds is 2. The second-order valence-corrected chi connectivity index (χ2v) is 4.65. The summed E-state index contributed by atoms with van der Waals surface area (Å²) in [6.45, 7) is 2.23. The van der Waals surface area contributed by atoms with Crippen LogP contribution in [0.3, 0.4) is 0 Å². The fourth-order valence-corrected chi connectivity index (χ4v) is 2.07. The molecule has 0 radical (unpaired) electrons. The molecule has 2 rings (SSSR count).